The predicted molar refractivity (Wildman–Crippen MR) is 78.3 cm³/mol. The second-order valence-electron chi connectivity index (χ2n) is 4.33. The van der Waals surface area contributed by atoms with Gasteiger partial charge in [0.1, 0.15) is 0 Å². The van der Waals surface area contributed by atoms with Gasteiger partial charge in [0, 0.05) is 5.56 Å². The Labute approximate surface area is 122 Å². The Morgan fingerprint density at radius 3 is 2.43 bits per heavy atom. The molecule has 0 radical (unpaired) electrons. The van der Waals surface area contributed by atoms with E-state index >= 15 is 0 Å². The minimum atomic E-state index is 0.393. The molecule has 5 nitrogen and oxygen atoms in total. The summed E-state index contributed by atoms with van der Waals surface area (Å²) < 4.78 is 16.0. The van der Waals surface area contributed by atoms with E-state index in [1.165, 1.54) is 0 Å². The van der Waals surface area contributed by atoms with Gasteiger partial charge in [0.2, 0.25) is 5.82 Å². The number of ether oxygens (including phenoxy) is 2. The number of methoxy groups -OCH3 is 2. The summed E-state index contributed by atoms with van der Waals surface area (Å²) in [6.07, 6.45) is 0. The first kappa shape index (κ1) is 13.2. The number of hydrogen-bond donors (Lipinski definition) is 0. The fraction of sp³-hybridized carbons (Fsp3) is 0.125. The van der Waals surface area contributed by atoms with Crippen molar-refractivity contribution in [3.8, 4) is 34.3 Å². The van der Waals surface area contributed by atoms with E-state index in [9.17, 15) is 0 Å². The molecule has 0 fully saturated rings. The van der Waals surface area contributed by atoms with E-state index in [1.54, 1.807) is 14.2 Å². The third kappa shape index (κ3) is 2.45. The van der Waals surface area contributed by atoms with Gasteiger partial charge in [-0.1, -0.05) is 41.6 Å². The summed E-state index contributed by atoms with van der Waals surface area (Å²) in [5, 5.41) is 4.01. The predicted octanol–water partition coefficient (Wildman–Crippen LogP) is 3.42. The standard InChI is InChI=1S/C16H14N2O3/c1-19-13-10-6-9-12(14(13)20-2)16-17-15(18-21-16)11-7-4-3-5-8-11/h3-10H,1-2H3. The van der Waals surface area contributed by atoms with E-state index in [-0.39, 0.29) is 0 Å². The average Bonchev–Trinajstić information content (AvgIpc) is 3.04. The van der Waals surface area contributed by atoms with Crippen LogP contribution in [0.25, 0.3) is 22.8 Å². The lowest BCUT2D eigenvalue weighted by Crippen LogP contribution is -1.93. The second-order valence-corrected chi connectivity index (χ2v) is 4.33. The van der Waals surface area contributed by atoms with Crippen molar-refractivity contribution < 1.29 is 14.0 Å². The molecule has 1 heterocycles. The highest BCUT2D eigenvalue weighted by atomic mass is 16.5. The Kier molecular flexibility index (Phi) is 3.55. The molecule has 106 valence electrons. The minimum absolute atomic E-state index is 0.393. The third-order valence-corrected chi connectivity index (χ3v) is 3.09. The van der Waals surface area contributed by atoms with Crippen LogP contribution in [0.15, 0.2) is 53.1 Å². The van der Waals surface area contributed by atoms with Gasteiger partial charge in [-0.05, 0) is 12.1 Å². The van der Waals surface area contributed by atoms with Crippen molar-refractivity contribution in [3.05, 3.63) is 48.5 Å². The maximum Gasteiger partial charge on any atom is 0.262 e. The van der Waals surface area contributed by atoms with Crippen molar-refractivity contribution in [3.63, 3.8) is 0 Å². The van der Waals surface area contributed by atoms with Crippen LogP contribution in [-0.2, 0) is 0 Å². The second kappa shape index (κ2) is 5.66. The number of hydrogen-bond acceptors (Lipinski definition) is 5. The van der Waals surface area contributed by atoms with Crippen molar-refractivity contribution in [1.29, 1.82) is 0 Å². The summed E-state index contributed by atoms with van der Waals surface area (Å²) in [5.74, 6) is 2.12. The number of benzene rings is 2. The van der Waals surface area contributed by atoms with Crippen LogP contribution in [0.4, 0.5) is 0 Å². The van der Waals surface area contributed by atoms with Gasteiger partial charge in [0.25, 0.3) is 5.89 Å². The molecule has 1 aromatic heterocycles. The van der Waals surface area contributed by atoms with E-state index in [1.807, 2.05) is 48.5 Å². The molecule has 0 aliphatic rings. The van der Waals surface area contributed by atoms with Gasteiger partial charge in [0.05, 0.1) is 19.8 Å². The van der Waals surface area contributed by atoms with Crippen molar-refractivity contribution in [2.24, 2.45) is 0 Å². The van der Waals surface area contributed by atoms with Gasteiger partial charge < -0.3 is 14.0 Å². The molecule has 0 aliphatic heterocycles. The van der Waals surface area contributed by atoms with Gasteiger partial charge in [-0.25, -0.2) is 0 Å². The molecule has 5 heteroatoms. The van der Waals surface area contributed by atoms with Crippen molar-refractivity contribution in [2.45, 2.75) is 0 Å². The van der Waals surface area contributed by atoms with Gasteiger partial charge in [-0.15, -0.1) is 0 Å². The van der Waals surface area contributed by atoms with Gasteiger partial charge in [-0.3, -0.25) is 0 Å². The Morgan fingerprint density at radius 1 is 0.905 bits per heavy atom. The Morgan fingerprint density at radius 2 is 1.71 bits per heavy atom. The van der Waals surface area contributed by atoms with E-state index in [0.29, 0.717) is 28.8 Å². The maximum absolute atomic E-state index is 5.38. The van der Waals surface area contributed by atoms with Crippen molar-refractivity contribution >= 4 is 0 Å². The Balaban J connectivity index is 2.05. The van der Waals surface area contributed by atoms with Crippen LogP contribution in [0.1, 0.15) is 0 Å². The fourth-order valence-electron chi connectivity index (χ4n) is 2.09. The van der Waals surface area contributed by atoms with Crippen LogP contribution >= 0.6 is 0 Å². The molecular formula is C16H14N2O3. The van der Waals surface area contributed by atoms with Crippen molar-refractivity contribution in [2.75, 3.05) is 14.2 Å². The highest BCUT2D eigenvalue weighted by molar-refractivity contribution is 5.69. The molecule has 21 heavy (non-hydrogen) atoms. The molecule has 0 spiro atoms. The van der Waals surface area contributed by atoms with Crippen LogP contribution in [-0.4, -0.2) is 24.4 Å². The average molecular weight is 282 g/mol. The minimum Gasteiger partial charge on any atom is -0.493 e. The maximum atomic E-state index is 5.38. The molecule has 0 bridgehead atoms. The first-order valence-electron chi connectivity index (χ1n) is 6.44. The molecule has 0 amide bonds. The van der Waals surface area contributed by atoms with Crippen LogP contribution < -0.4 is 9.47 Å². The summed E-state index contributed by atoms with van der Waals surface area (Å²) in [7, 11) is 3.17. The van der Waals surface area contributed by atoms with Gasteiger partial charge >= 0.3 is 0 Å². The third-order valence-electron chi connectivity index (χ3n) is 3.09. The van der Waals surface area contributed by atoms with Gasteiger partial charge in [-0.2, -0.15) is 4.98 Å². The normalized spacial score (nSPS) is 10.4. The monoisotopic (exact) mass is 282 g/mol. The molecule has 0 saturated carbocycles. The lowest BCUT2D eigenvalue weighted by atomic mass is 10.2. The number of para-hydroxylation sites is 1. The summed E-state index contributed by atoms with van der Waals surface area (Å²) in [5.41, 5.74) is 1.60. The molecule has 3 rings (SSSR count). The smallest absolute Gasteiger partial charge is 0.262 e. The first-order chi connectivity index (χ1) is 10.3. The molecule has 0 unspecified atom stereocenters. The zero-order valence-electron chi connectivity index (χ0n) is 11.7. The van der Waals surface area contributed by atoms with Crippen LogP contribution in [0.3, 0.4) is 0 Å². The van der Waals surface area contributed by atoms with Gasteiger partial charge in [0.15, 0.2) is 11.5 Å². The molecule has 0 atom stereocenters. The molecule has 0 saturated heterocycles. The summed E-state index contributed by atoms with van der Waals surface area (Å²) in [6.45, 7) is 0. The number of aromatic nitrogens is 2. The number of rotatable bonds is 4. The zero-order valence-corrected chi connectivity index (χ0v) is 11.7. The largest absolute Gasteiger partial charge is 0.493 e. The molecule has 3 aromatic rings. The molecule has 2 aromatic carbocycles. The van der Waals surface area contributed by atoms with Crippen molar-refractivity contribution in [1.82, 2.24) is 10.1 Å². The van der Waals surface area contributed by atoms with E-state index in [4.69, 9.17) is 14.0 Å². The van der Waals surface area contributed by atoms with Crippen LogP contribution in [0.2, 0.25) is 0 Å². The SMILES string of the molecule is COc1cccc(-c2nc(-c3ccccc3)no2)c1OC. The lowest BCUT2D eigenvalue weighted by molar-refractivity contribution is 0.353. The van der Waals surface area contributed by atoms with Crippen LogP contribution in [0.5, 0.6) is 11.5 Å². The summed E-state index contributed by atoms with van der Waals surface area (Å²) in [4.78, 5) is 4.42. The summed E-state index contributed by atoms with van der Waals surface area (Å²) in [6, 6.07) is 15.2. The first-order valence-corrected chi connectivity index (χ1v) is 6.44. The van der Waals surface area contributed by atoms with Crippen LogP contribution in [0, 0.1) is 0 Å². The highest BCUT2D eigenvalue weighted by Gasteiger charge is 2.17. The van der Waals surface area contributed by atoms with E-state index in [0.717, 1.165) is 5.56 Å². The number of nitrogens with zero attached hydrogens (tertiary/aromatic N) is 2. The Bertz CT molecular complexity index is 738. The van der Waals surface area contributed by atoms with E-state index in [2.05, 4.69) is 10.1 Å². The summed E-state index contributed by atoms with van der Waals surface area (Å²) >= 11 is 0. The molecular weight excluding hydrogens is 268 g/mol. The fourth-order valence-corrected chi connectivity index (χ4v) is 2.09. The lowest BCUT2D eigenvalue weighted by Gasteiger charge is -2.09. The topological polar surface area (TPSA) is 57.4 Å². The quantitative estimate of drug-likeness (QED) is 0.733. The molecule has 0 N–H and O–H groups in total. The van der Waals surface area contributed by atoms with E-state index < -0.39 is 0 Å². The molecule has 0 aliphatic carbocycles. The Hall–Kier alpha value is -2.82. The zero-order chi connectivity index (χ0) is 14.7. The highest BCUT2D eigenvalue weighted by Crippen LogP contribution is 2.37.